The number of aromatic nitrogens is 2. The van der Waals surface area contributed by atoms with Crippen LogP contribution < -0.4 is 0 Å². The summed E-state index contributed by atoms with van der Waals surface area (Å²) in [6, 6.07) is 0. The first-order valence-corrected chi connectivity index (χ1v) is 4.33. The molecule has 6 nitrogen and oxygen atoms in total. The van der Waals surface area contributed by atoms with Crippen LogP contribution in [0.15, 0.2) is 38.0 Å². The van der Waals surface area contributed by atoms with Crippen molar-refractivity contribution < 1.29 is 18.7 Å². The zero-order valence-corrected chi connectivity index (χ0v) is 7.52. The van der Waals surface area contributed by atoms with Crippen molar-refractivity contribution >= 4 is 17.7 Å². The van der Waals surface area contributed by atoms with Crippen LogP contribution >= 0.6 is 11.8 Å². The van der Waals surface area contributed by atoms with Gasteiger partial charge in [-0.1, -0.05) is 0 Å². The van der Waals surface area contributed by atoms with Crippen LogP contribution in [0.4, 0.5) is 0 Å². The number of aromatic carboxylic acids is 1. The number of oxazole rings is 2. The van der Waals surface area contributed by atoms with E-state index in [-0.39, 0.29) is 10.9 Å². The van der Waals surface area contributed by atoms with Crippen molar-refractivity contribution in [2.75, 3.05) is 0 Å². The SMILES string of the molecule is O=C(O)c1coc(Sc2ncco2)n1. The average Bonchev–Trinajstić information content (AvgIpc) is 2.75. The first-order valence-electron chi connectivity index (χ1n) is 3.52. The second kappa shape index (κ2) is 3.54. The molecule has 1 N–H and O–H groups in total. The van der Waals surface area contributed by atoms with Crippen molar-refractivity contribution in [1.82, 2.24) is 9.97 Å². The van der Waals surface area contributed by atoms with Gasteiger partial charge in [-0.3, -0.25) is 0 Å². The lowest BCUT2D eigenvalue weighted by molar-refractivity contribution is 0.0690. The fourth-order valence-corrected chi connectivity index (χ4v) is 1.34. The molecule has 2 rings (SSSR count). The maximum absolute atomic E-state index is 10.4. The molecule has 0 saturated heterocycles. The summed E-state index contributed by atoms with van der Waals surface area (Å²) in [7, 11) is 0. The van der Waals surface area contributed by atoms with E-state index in [1.54, 1.807) is 0 Å². The highest BCUT2D eigenvalue weighted by Gasteiger charge is 2.12. The van der Waals surface area contributed by atoms with E-state index in [1.165, 1.54) is 12.5 Å². The molecule has 0 saturated carbocycles. The molecule has 0 atom stereocenters. The number of rotatable bonds is 3. The third-order valence-corrected chi connectivity index (χ3v) is 2.02. The summed E-state index contributed by atoms with van der Waals surface area (Å²) in [6.07, 6.45) is 3.94. The Bertz CT molecular complexity index is 436. The van der Waals surface area contributed by atoms with Crippen molar-refractivity contribution in [3.8, 4) is 0 Å². The average molecular weight is 212 g/mol. The molecule has 2 aromatic rings. The fourth-order valence-electron chi connectivity index (χ4n) is 0.738. The van der Waals surface area contributed by atoms with Crippen LogP contribution in [0.1, 0.15) is 10.5 Å². The van der Waals surface area contributed by atoms with Crippen molar-refractivity contribution in [3.05, 3.63) is 24.4 Å². The molecular weight excluding hydrogens is 208 g/mol. The first kappa shape index (κ1) is 8.82. The summed E-state index contributed by atoms with van der Waals surface area (Å²) in [5.41, 5.74) is -0.140. The number of hydrogen-bond donors (Lipinski definition) is 1. The number of hydrogen-bond acceptors (Lipinski definition) is 6. The monoisotopic (exact) mass is 212 g/mol. The van der Waals surface area contributed by atoms with Gasteiger partial charge in [0.2, 0.25) is 0 Å². The maximum atomic E-state index is 10.4. The molecule has 0 aromatic carbocycles. The van der Waals surface area contributed by atoms with E-state index in [1.807, 2.05) is 0 Å². The Balaban J connectivity index is 2.14. The summed E-state index contributed by atoms with van der Waals surface area (Å²) in [5.74, 6) is -1.13. The zero-order valence-electron chi connectivity index (χ0n) is 6.71. The molecule has 2 heterocycles. The standard InChI is InChI=1S/C7H4N2O4S/c10-5(11)4-3-13-7(9-4)14-6-8-1-2-12-6/h1-3H,(H,10,11). The summed E-state index contributed by atoms with van der Waals surface area (Å²) < 4.78 is 9.78. The van der Waals surface area contributed by atoms with Crippen LogP contribution in [-0.4, -0.2) is 21.0 Å². The Kier molecular flexibility index (Phi) is 2.23. The van der Waals surface area contributed by atoms with Gasteiger partial charge in [0.1, 0.15) is 12.5 Å². The van der Waals surface area contributed by atoms with Crippen molar-refractivity contribution in [3.63, 3.8) is 0 Å². The Morgan fingerprint density at radius 1 is 1.43 bits per heavy atom. The second-order valence-corrected chi connectivity index (χ2v) is 3.11. The van der Waals surface area contributed by atoms with Gasteiger partial charge in [0, 0.05) is 11.8 Å². The van der Waals surface area contributed by atoms with E-state index in [0.717, 1.165) is 18.0 Å². The molecule has 0 fully saturated rings. The molecule has 14 heavy (non-hydrogen) atoms. The Hall–Kier alpha value is -1.76. The van der Waals surface area contributed by atoms with Gasteiger partial charge in [-0.25, -0.2) is 9.78 Å². The highest BCUT2D eigenvalue weighted by Crippen LogP contribution is 2.24. The van der Waals surface area contributed by atoms with Gasteiger partial charge >= 0.3 is 5.97 Å². The number of carbonyl (C=O) groups is 1. The Morgan fingerprint density at radius 3 is 2.86 bits per heavy atom. The summed E-state index contributed by atoms with van der Waals surface area (Å²) >= 11 is 1.01. The third kappa shape index (κ3) is 1.77. The molecule has 0 unspecified atom stereocenters. The Labute approximate surface area is 82.0 Å². The normalized spacial score (nSPS) is 10.3. The molecule has 0 amide bonds. The molecule has 2 aromatic heterocycles. The summed E-state index contributed by atoms with van der Waals surface area (Å²) in [6.45, 7) is 0. The van der Waals surface area contributed by atoms with Crippen molar-refractivity contribution in [1.29, 1.82) is 0 Å². The van der Waals surface area contributed by atoms with Gasteiger partial charge in [0.25, 0.3) is 10.4 Å². The van der Waals surface area contributed by atoms with Gasteiger partial charge in [0.05, 0.1) is 6.20 Å². The van der Waals surface area contributed by atoms with Gasteiger partial charge in [0.15, 0.2) is 5.69 Å². The van der Waals surface area contributed by atoms with E-state index in [2.05, 4.69) is 9.97 Å². The molecule has 0 aliphatic heterocycles. The first-order chi connectivity index (χ1) is 6.75. The summed E-state index contributed by atoms with van der Waals surface area (Å²) in [5, 5.41) is 9.09. The van der Waals surface area contributed by atoms with Crippen LogP contribution in [-0.2, 0) is 0 Å². The van der Waals surface area contributed by atoms with Crippen LogP contribution in [0.25, 0.3) is 0 Å². The van der Waals surface area contributed by atoms with Crippen molar-refractivity contribution in [2.24, 2.45) is 0 Å². The number of carboxylic acids is 1. The number of carboxylic acid groups (broad SMARTS) is 1. The van der Waals surface area contributed by atoms with Crippen LogP contribution in [0.3, 0.4) is 0 Å². The van der Waals surface area contributed by atoms with E-state index in [9.17, 15) is 4.79 Å². The predicted octanol–water partition coefficient (Wildman–Crippen LogP) is 1.51. The lowest BCUT2D eigenvalue weighted by Crippen LogP contribution is -1.95. The molecule has 72 valence electrons. The van der Waals surface area contributed by atoms with Crippen LogP contribution in [0.2, 0.25) is 0 Å². The third-order valence-electron chi connectivity index (χ3n) is 1.29. The highest BCUT2D eigenvalue weighted by atomic mass is 32.2. The van der Waals surface area contributed by atoms with Crippen LogP contribution in [0.5, 0.6) is 0 Å². The Morgan fingerprint density at radius 2 is 2.29 bits per heavy atom. The lowest BCUT2D eigenvalue weighted by Gasteiger charge is -1.86. The van der Waals surface area contributed by atoms with E-state index < -0.39 is 5.97 Å². The molecule has 0 aliphatic rings. The maximum Gasteiger partial charge on any atom is 0.357 e. The minimum atomic E-state index is -1.13. The van der Waals surface area contributed by atoms with Gasteiger partial charge < -0.3 is 13.9 Å². The largest absolute Gasteiger partial charge is 0.476 e. The summed E-state index contributed by atoms with van der Waals surface area (Å²) in [4.78, 5) is 17.9. The molecule has 0 aliphatic carbocycles. The van der Waals surface area contributed by atoms with E-state index >= 15 is 0 Å². The quantitative estimate of drug-likeness (QED) is 0.824. The molecule has 0 bridgehead atoms. The molecular formula is C7H4N2O4S. The topological polar surface area (TPSA) is 89.4 Å². The van der Waals surface area contributed by atoms with Gasteiger partial charge in [-0.05, 0) is 0 Å². The molecule has 0 spiro atoms. The minimum absolute atomic E-state index is 0.140. The molecule has 7 heteroatoms. The lowest BCUT2D eigenvalue weighted by atomic mass is 10.5. The van der Waals surface area contributed by atoms with E-state index in [4.69, 9.17) is 13.9 Å². The minimum Gasteiger partial charge on any atom is -0.476 e. The zero-order chi connectivity index (χ0) is 9.97. The predicted molar refractivity (Wildman–Crippen MR) is 44.1 cm³/mol. The van der Waals surface area contributed by atoms with Gasteiger partial charge in [-0.15, -0.1) is 0 Å². The fraction of sp³-hybridized carbons (Fsp3) is 0. The van der Waals surface area contributed by atoms with Crippen molar-refractivity contribution in [2.45, 2.75) is 10.4 Å². The van der Waals surface area contributed by atoms with Crippen LogP contribution in [0, 0.1) is 0 Å². The highest BCUT2D eigenvalue weighted by molar-refractivity contribution is 7.98. The number of nitrogens with zero attached hydrogens (tertiary/aromatic N) is 2. The molecule has 0 radical (unpaired) electrons. The van der Waals surface area contributed by atoms with E-state index in [0.29, 0.717) is 5.22 Å². The smallest absolute Gasteiger partial charge is 0.357 e. The van der Waals surface area contributed by atoms with Gasteiger partial charge in [-0.2, -0.15) is 4.98 Å². The second-order valence-electron chi connectivity index (χ2n) is 2.20.